The molecule has 1 aliphatic carbocycles. The van der Waals surface area contributed by atoms with Crippen molar-refractivity contribution in [1.82, 2.24) is 4.90 Å². The van der Waals surface area contributed by atoms with Crippen LogP contribution < -0.4 is 10.0 Å². The highest BCUT2D eigenvalue weighted by atomic mass is 19.4. The Labute approximate surface area is 179 Å². The quantitative estimate of drug-likeness (QED) is 0.711. The van der Waals surface area contributed by atoms with E-state index in [0.717, 1.165) is 23.1 Å². The molecule has 2 aliphatic rings. The van der Waals surface area contributed by atoms with E-state index in [1.807, 2.05) is 6.07 Å². The number of alkyl halides is 3. The highest BCUT2D eigenvalue weighted by Crippen LogP contribution is 2.45. The van der Waals surface area contributed by atoms with Crippen molar-refractivity contribution in [3.8, 4) is 6.07 Å². The van der Waals surface area contributed by atoms with Gasteiger partial charge in [0.05, 0.1) is 28.9 Å². The number of Topliss-reactive ketones (excluding diaryl/α,β-unsaturated/α-hetero) is 1. The number of hydrogen-bond donors (Lipinski definition) is 0. The predicted octanol–water partition coefficient (Wildman–Crippen LogP) is 3.52. The molecule has 1 heterocycles. The van der Waals surface area contributed by atoms with Gasteiger partial charge >= 0.3 is 12.2 Å². The molecule has 162 valence electrons. The van der Waals surface area contributed by atoms with Crippen LogP contribution in [0.1, 0.15) is 35.6 Å². The highest BCUT2D eigenvalue weighted by Gasteiger charge is 2.46. The van der Waals surface area contributed by atoms with Crippen molar-refractivity contribution in [2.75, 3.05) is 4.90 Å². The molecule has 1 unspecified atom stereocenters. The summed E-state index contributed by atoms with van der Waals surface area (Å²) in [5.41, 5.74) is -0.552. The van der Waals surface area contributed by atoms with E-state index in [9.17, 15) is 32.7 Å². The molecule has 0 radical (unpaired) electrons. The average molecular weight is 440 g/mol. The maximum absolute atomic E-state index is 13.2. The van der Waals surface area contributed by atoms with Crippen LogP contribution in [0.2, 0.25) is 0 Å². The van der Waals surface area contributed by atoms with Crippen molar-refractivity contribution in [2.24, 2.45) is 0 Å². The summed E-state index contributed by atoms with van der Waals surface area (Å²) < 4.78 is 39.6. The van der Waals surface area contributed by atoms with Gasteiger partial charge in [-0.2, -0.15) is 18.4 Å². The van der Waals surface area contributed by atoms with Gasteiger partial charge in [-0.3, -0.25) is 14.6 Å². The number of urea groups is 1. The van der Waals surface area contributed by atoms with Crippen molar-refractivity contribution in [3.05, 3.63) is 76.5 Å². The van der Waals surface area contributed by atoms with Gasteiger partial charge in [0.25, 0.3) is 0 Å². The number of rotatable bonds is 2. The fourth-order valence-electron chi connectivity index (χ4n) is 3.99. The molecule has 10 heteroatoms. The van der Waals surface area contributed by atoms with Crippen LogP contribution in [0.25, 0.3) is 0 Å². The van der Waals surface area contributed by atoms with Crippen LogP contribution in [-0.4, -0.2) is 22.8 Å². The minimum Gasteiger partial charge on any atom is -0.529 e. The van der Waals surface area contributed by atoms with Crippen LogP contribution in [0.15, 0.2) is 59.8 Å². The summed E-state index contributed by atoms with van der Waals surface area (Å²) in [4.78, 5) is 39.1. The molecule has 4 rings (SSSR count). The second-order valence-corrected chi connectivity index (χ2v) is 7.22. The van der Waals surface area contributed by atoms with Crippen LogP contribution in [0.5, 0.6) is 0 Å². The monoisotopic (exact) mass is 440 g/mol. The molecule has 1 atom stereocenters. The Morgan fingerprint density at radius 2 is 1.78 bits per heavy atom. The normalized spacial score (nSPS) is 18.6. The van der Waals surface area contributed by atoms with Gasteiger partial charge in [0.1, 0.15) is 6.09 Å². The molecule has 2 aromatic rings. The maximum Gasteiger partial charge on any atom is 0.416 e. The minimum atomic E-state index is -4.68. The third-order valence-corrected chi connectivity index (χ3v) is 5.38. The van der Waals surface area contributed by atoms with E-state index in [2.05, 4.69) is 0 Å². The van der Waals surface area contributed by atoms with Gasteiger partial charge < -0.3 is 9.90 Å². The van der Waals surface area contributed by atoms with Gasteiger partial charge in [0.15, 0.2) is 5.78 Å². The molecule has 0 fully saturated rings. The Kier molecular flexibility index (Phi) is 4.97. The number of hydrogen-bond acceptors (Lipinski definition) is 5. The number of ketones is 1. The molecule has 0 bridgehead atoms. The molecule has 0 spiro atoms. The van der Waals surface area contributed by atoms with Crippen LogP contribution in [0, 0.1) is 11.3 Å². The molecule has 1 aliphatic heterocycles. The topological polar surface area (TPSA) is 105 Å². The van der Waals surface area contributed by atoms with Crippen LogP contribution >= 0.6 is 0 Å². The Balaban J connectivity index is 1.92. The lowest BCUT2D eigenvalue weighted by Crippen LogP contribution is -2.56. The van der Waals surface area contributed by atoms with E-state index in [1.54, 1.807) is 0 Å². The zero-order valence-electron chi connectivity index (χ0n) is 16.2. The standard InChI is InChI=1S/C22H14F3N3O4/c23-22(24,25)14-2-1-3-15(10-14)27-16-8-9-17(29)18(16)19(28(20(27)30)21(31)32)13-6-4-12(11-26)5-7-13/h1-7,10,19H,8-9H2,(H,31,32)/p-1. The lowest BCUT2D eigenvalue weighted by molar-refractivity contribution is -0.263. The molecule has 0 saturated carbocycles. The second kappa shape index (κ2) is 7.53. The third kappa shape index (κ3) is 3.37. The smallest absolute Gasteiger partial charge is 0.416 e. The molecule has 0 N–H and O–H groups in total. The summed E-state index contributed by atoms with van der Waals surface area (Å²) in [5.74, 6) is -0.426. The lowest BCUT2D eigenvalue weighted by Gasteiger charge is -2.42. The fraction of sp³-hybridized carbons (Fsp3) is 0.182. The lowest BCUT2D eigenvalue weighted by atomic mass is 9.92. The second-order valence-electron chi connectivity index (χ2n) is 7.22. The molecule has 7 nitrogen and oxygen atoms in total. The third-order valence-electron chi connectivity index (χ3n) is 5.38. The van der Waals surface area contributed by atoms with Crippen LogP contribution in [0.4, 0.5) is 28.4 Å². The predicted molar refractivity (Wildman–Crippen MR) is 102 cm³/mol. The summed E-state index contributed by atoms with van der Waals surface area (Å²) >= 11 is 0. The molecule has 2 aromatic carbocycles. The number of anilines is 1. The van der Waals surface area contributed by atoms with Crippen LogP contribution in [-0.2, 0) is 11.0 Å². The zero-order chi connectivity index (χ0) is 23.2. The first kappa shape index (κ1) is 21.1. The summed E-state index contributed by atoms with van der Waals surface area (Å²) in [6, 6.07) is 8.97. The SMILES string of the molecule is N#Cc1ccc(C2C3=C(CCC3=O)N(c3cccc(C(F)(F)F)c3)C(=O)N2C(=O)[O-])cc1. The molecule has 32 heavy (non-hydrogen) atoms. The highest BCUT2D eigenvalue weighted by molar-refractivity contribution is 6.11. The van der Waals surface area contributed by atoms with Gasteiger partial charge in [-0.1, -0.05) is 18.2 Å². The van der Waals surface area contributed by atoms with Gasteiger partial charge in [-0.25, -0.2) is 4.79 Å². The van der Waals surface area contributed by atoms with Crippen molar-refractivity contribution in [3.63, 3.8) is 0 Å². The van der Waals surface area contributed by atoms with E-state index in [1.165, 1.54) is 30.3 Å². The molecule has 0 saturated heterocycles. The fourth-order valence-corrected chi connectivity index (χ4v) is 3.99. The van der Waals surface area contributed by atoms with Crippen molar-refractivity contribution >= 4 is 23.6 Å². The number of nitrogens with zero attached hydrogens (tertiary/aromatic N) is 3. The van der Waals surface area contributed by atoms with Crippen molar-refractivity contribution in [1.29, 1.82) is 5.26 Å². The van der Waals surface area contributed by atoms with E-state index in [-0.39, 0.29) is 40.9 Å². The first-order valence-electron chi connectivity index (χ1n) is 9.41. The molecule has 0 aromatic heterocycles. The van der Waals surface area contributed by atoms with Gasteiger partial charge in [0.2, 0.25) is 0 Å². The first-order valence-corrected chi connectivity index (χ1v) is 9.41. The Morgan fingerprint density at radius 3 is 2.38 bits per heavy atom. The number of halogens is 3. The number of imide groups is 1. The number of carbonyl (C=O) groups is 3. The number of allylic oxidation sites excluding steroid dienone is 1. The van der Waals surface area contributed by atoms with E-state index in [4.69, 9.17) is 5.26 Å². The summed E-state index contributed by atoms with van der Waals surface area (Å²) in [7, 11) is 0. The number of nitriles is 1. The van der Waals surface area contributed by atoms with Gasteiger partial charge in [-0.05, 0) is 42.3 Å². The Bertz CT molecular complexity index is 1210. The van der Waals surface area contributed by atoms with Gasteiger partial charge in [0, 0.05) is 17.7 Å². The summed E-state index contributed by atoms with van der Waals surface area (Å²) in [6.45, 7) is 0. The molecular weight excluding hydrogens is 427 g/mol. The van der Waals surface area contributed by atoms with E-state index >= 15 is 0 Å². The Hall–Kier alpha value is -4.13. The van der Waals surface area contributed by atoms with Gasteiger partial charge in [-0.15, -0.1) is 0 Å². The number of amides is 3. The van der Waals surface area contributed by atoms with E-state index in [0.29, 0.717) is 4.90 Å². The Morgan fingerprint density at radius 1 is 1.09 bits per heavy atom. The summed E-state index contributed by atoms with van der Waals surface area (Å²) in [5, 5.41) is 21.0. The average Bonchev–Trinajstić information content (AvgIpc) is 3.13. The number of benzene rings is 2. The molecule has 3 amide bonds. The van der Waals surface area contributed by atoms with E-state index < -0.39 is 35.7 Å². The maximum atomic E-state index is 13.2. The minimum absolute atomic E-state index is 0.00378. The molecular formula is C22H13F3N3O4-. The van der Waals surface area contributed by atoms with Crippen molar-refractivity contribution in [2.45, 2.75) is 25.1 Å². The van der Waals surface area contributed by atoms with Crippen molar-refractivity contribution < 1.29 is 32.7 Å². The first-order chi connectivity index (χ1) is 15.1. The summed E-state index contributed by atoms with van der Waals surface area (Å²) in [6.07, 6.45) is -6.56. The zero-order valence-corrected chi connectivity index (χ0v) is 16.2. The largest absolute Gasteiger partial charge is 0.529 e. The number of carboxylic acid groups (broad SMARTS) is 1. The number of carbonyl (C=O) groups excluding carboxylic acids is 3. The van der Waals surface area contributed by atoms with Crippen LogP contribution in [0.3, 0.4) is 0 Å².